The molecule has 6 rings (SSSR count). The average Bonchev–Trinajstić information content (AvgIpc) is 3.80. The van der Waals surface area contributed by atoms with Crippen LogP contribution in [-0.2, 0) is 25.0 Å². The molecule has 3 heterocycles. The van der Waals surface area contributed by atoms with Crippen molar-refractivity contribution in [1.29, 1.82) is 5.26 Å². The van der Waals surface area contributed by atoms with Gasteiger partial charge in [0.2, 0.25) is 15.2 Å². The van der Waals surface area contributed by atoms with Crippen molar-refractivity contribution in [1.82, 2.24) is 24.1 Å². The van der Waals surface area contributed by atoms with E-state index in [0.717, 1.165) is 81.3 Å². The number of fused-ring (bicyclic) bond motifs is 1. The molecule has 18 heteroatoms. The number of aliphatic carboxylic acids is 2. The number of benzene rings is 3. The Balaban J connectivity index is 1.54. The lowest BCUT2D eigenvalue weighted by atomic mass is 9.90. The summed E-state index contributed by atoms with van der Waals surface area (Å²) < 4.78 is 29.2. The number of thiazole rings is 1. The van der Waals surface area contributed by atoms with Crippen molar-refractivity contribution < 1.29 is 28.2 Å². The monoisotopic (exact) mass is 918 g/mol. The van der Waals surface area contributed by atoms with Crippen LogP contribution in [0, 0.1) is 59.8 Å². The number of unbranched alkanes of at least 4 members (excludes halogenated alkanes) is 1. The molecule has 0 unspecified atom stereocenters. The Bertz CT molecular complexity index is 2970. The zero-order valence-corrected chi connectivity index (χ0v) is 40.2. The maximum absolute atomic E-state index is 13.5. The number of nitriles is 1. The van der Waals surface area contributed by atoms with Gasteiger partial charge >= 0.3 is 11.9 Å². The van der Waals surface area contributed by atoms with E-state index >= 15 is 0 Å². The molecule has 0 aliphatic carbocycles. The number of azo groups is 1. The van der Waals surface area contributed by atoms with Crippen LogP contribution in [-0.4, -0.2) is 74.3 Å². The van der Waals surface area contributed by atoms with Crippen molar-refractivity contribution in [3.8, 4) is 11.2 Å². The van der Waals surface area contributed by atoms with Crippen LogP contribution in [0.25, 0.3) is 15.3 Å². The number of nitrogens with one attached hydrogen (secondary N) is 1. The Morgan fingerprint density at radius 3 is 2.02 bits per heavy atom. The molecule has 0 atom stereocenters. The van der Waals surface area contributed by atoms with Crippen molar-refractivity contribution in [3.63, 3.8) is 0 Å². The molecular weight excluding hydrogens is 865 g/mol. The predicted molar refractivity (Wildman–Crippen MR) is 254 cm³/mol. The van der Waals surface area contributed by atoms with Crippen LogP contribution in [0.5, 0.6) is 0 Å². The molecule has 0 aliphatic rings. The van der Waals surface area contributed by atoms with Gasteiger partial charge in [0.15, 0.2) is 11.6 Å². The van der Waals surface area contributed by atoms with E-state index in [0.29, 0.717) is 31.7 Å². The summed E-state index contributed by atoms with van der Waals surface area (Å²) in [7, 11) is -4.55. The molecule has 0 spiro atoms. The highest BCUT2D eigenvalue weighted by molar-refractivity contribution is 7.89. The lowest BCUT2D eigenvalue weighted by Gasteiger charge is -2.29. The molecule has 0 fully saturated rings. The molecule has 0 aliphatic heterocycles. The van der Waals surface area contributed by atoms with E-state index in [-0.39, 0.29) is 21.4 Å². The molecule has 0 saturated heterocycles. The number of carboxylic acids is 2. The zero-order valence-electron chi connectivity index (χ0n) is 38.5. The maximum atomic E-state index is 13.5. The van der Waals surface area contributed by atoms with E-state index in [9.17, 15) is 33.5 Å². The van der Waals surface area contributed by atoms with Crippen molar-refractivity contribution in [2.24, 2.45) is 10.2 Å². The van der Waals surface area contributed by atoms with Gasteiger partial charge in [0.25, 0.3) is 0 Å². The van der Waals surface area contributed by atoms with E-state index in [2.05, 4.69) is 75.2 Å². The highest BCUT2D eigenvalue weighted by Gasteiger charge is 2.32. The summed E-state index contributed by atoms with van der Waals surface area (Å²) in [6.45, 7) is 21.0. The number of anilines is 4. The number of nitrogens with zero attached hydrogens (tertiary/aromatic N) is 9. The fourth-order valence-electron chi connectivity index (χ4n) is 7.93. The van der Waals surface area contributed by atoms with Gasteiger partial charge in [-0.25, -0.2) is 18.4 Å². The fourth-order valence-corrected chi connectivity index (χ4v) is 10.3. The Morgan fingerprint density at radius 1 is 0.862 bits per heavy atom. The number of pyridine rings is 1. The molecule has 340 valence electrons. The second-order valence-corrected chi connectivity index (χ2v) is 20.3. The normalized spacial score (nSPS) is 12.0. The van der Waals surface area contributed by atoms with E-state index < -0.39 is 40.5 Å². The standard InChI is InChI=1S/C47H54N10O6S2/c1-12-13-16-56(42-31(7)19-27(3)20-32(42)8)37-21-30(6)41(44(50-37)51-40-28(4)17-26(2)18-29(40)5)52-53-45-34(23-48)43(47(9,10)11)54-57(45)46-49-35-15-14-33(22-36(35)64-46)65(62,63)55(24-38(58)59)25-39(60)61/h14-15,17-22H,12-13,16,24-25H2,1-11H3,(H,50,51)(H,58,59)(H,60,61). The van der Waals surface area contributed by atoms with Crippen molar-refractivity contribution in [3.05, 3.63) is 98.7 Å². The third kappa shape index (κ3) is 10.2. The Hall–Kier alpha value is -6.55. The number of rotatable bonds is 16. The molecule has 0 amide bonds. The summed E-state index contributed by atoms with van der Waals surface area (Å²) in [5, 5.41) is 47.7. The summed E-state index contributed by atoms with van der Waals surface area (Å²) in [6, 6.07) is 16.8. The molecule has 3 N–H and O–H groups in total. The van der Waals surface area contributed by atoms with Crippen molar-refractivity contribution in [2.45, 2.75) is 99.3 Å². The zero-order chi connectivity index (χ0) is 47.7. The first-order valence-electron chi connectivity index (χ1n) is 21.1. The van der Waals surface area contributed by atoms with Gasteiger partial charge in [0.1, 0.15) is 36.2 Å². The molecule has 65 heavy (non-hydrogen) atoms. The molecule has 6 aromatic rings. The van der Waals surface area contributed by atoms with Crippen LogP contribution < -0.4 is 10.2 Å². The lowest BCUT2D eigenvalue weighted by Crippen LogP contribution is -2.39. The van der Waals surface area contributed by atoms with Crippen LogP contribution in [0.4, 0.5) is 34.5 Å². The number of carbonyl (C=O) groups is 2. The minimum absolute atomic E-state index is 0.0889. The third-order valence-electron chi connectivity index (χ3n) is 10.7. The number of sulfonamides is 1. The average molecular weight is 919 g/mol. The van der Waals surface area contributed by atoms with Crippen molar-refractivity contribution in [2.75, 3.05) is 29.9 Å². The van der Waals surface area contributed by atoms with Gasteiger partial charge in [-0.3, -0.25) is 9.59 Å². The van der Waals surface area contributed by atoms with Crippen LogP contribution in [0.3, 0.4) is 0 Å². The Morgan fingerprint density at radius 2 is 1.46 bits per heavy atom. The van der Waals surface area contributed by atoms with Crippen LogP contribution >= 0.6 is 11.3 Å². The number of aryl methyl sites for hydroxylation is 7. The quantitative estimate of drug-likeness (QED) is 0.0772. The largest absolute Gasteiger partial charge is 0.480 e. The topological polar surface area (TPSA) is 219 Å². The highest BCUT2D eigenvalue weighted by atomic mass is 32.2. The maximum Gasteiger partial charge on any atom is 0.318 e. The van der Waals surface area contributed by atoms with Gasteiger partial charge in [0.05, 0.1) is 20.8 Å². The molecule has 0 saturated carbocycles. The predicted octanol–water partition coefficient (Wildman–Crippen LogP) is 10.5. The number of hydrogen-bond donors (Lipinski definition) is 3. The fraction of sp³-hybridized carbons (Fsp3) is 0.362. The van der Waals surface area contributed by atoms with Gasteiger partial charge in [-0.2, -0.15) is 19.3 Å². The molecule has 0 bridgehead atoms. The molecule has 0 radical (unpaired) electrons. The number of hydrogen-bond acceptors (Lipinski definition) is 13. The first-order chi connectivity index (χ1) is 30.5. The first kappa shape index (κ1) is 47.9. The summed E-state index contributed by atoms with van der Waals surface area (Å²) in [5.41, 5.74) is 10.1. The number of aromatic nitrogens is 4. The van der Waals surface area contributed by atoms with Gasteiger partial charge < -0.3 is 20.4 Å². The van der Waals surface area contributed by atoms with Gasteiger partial charge in [0, 0.05) is 23.3 Å². The number of carboxylic acid groups (broad SMARTS) is 2. The second-order valence-electron chi connectivity index (χ2n) is 17.4. The summed E-state index contributed by atoms with van der Waals surface area (Å²) in [5.74, 6) is -1.74. The molecular formula is C47H54N10O6S2. The van der Waals surface area contributed by atoms with Crippen LogP contribution in [0.2, 0.25) is 0 Å². The van der Waals surface area contributed by atoms with Gasteiger partial charge in [-0.15, -0.1) is 10.2 Å². The van der Waals surface area contributed by atoms with Crippen LogP contribution in [0.15, 0.2) is 63.7 Å². The van der Waals surface area contributed by atoms with E-state index in [1.165, 1.54) is 28.4 Å². The minimum Gasteiger partial charge on any atom is -0.480 e. The molecule has 16 nitrogen and oxygen atoms in total. The summed E-state index contributed by atoms with van der Waals surface area (Å²) >= 11 is 1.06. The van der Waals surface area contributed by atoms with Crippen molar-refractivity contribution >= 4 is 78.0 Å². The van der Waals surface area contributed by atoms with Crippen LogP contribution in [0.1, 0.15) is 90.7 Å². The molecule has 3 aromatic heterocycles. The van der Waals surface area contributed by atoms with E-state index in [4.69, 9.17) is 25.3 Å². The highest BCUT2D eigenvalue weighted by Crippen LogP contribution is 2.42. The summed E-state index contributed by atoms with van der Waals surface area (Å²) in [4.78, 5) is 35.0. The Labute approximate surface area is 383 Å². The Kier molecular flexibility index (Phi) is 13.9. The van der Waals surface area contributed by atoms with Gasteiger partial charge in [-0.05, 0) is 107 Å². The lowest BCUT2D eigenvalue weighted by molar-refractivity contribution is -0.139. The third-order valence-corrected chi connectivity index (χ3v) is 13.5. The first-order valence-corrected chi connectivity index (χ1v) is 23.3. The molecule has 3 aromatic carbocycles. The van der Waals surface area contributed by atoms with Gasteiger partial charge in [-0.1, -0.05) is 80.8 Å². The summed E-state index contributed by atoms with van der Waals surface area (Å²) in [6.07, 6.45) is 1.92. The second kappa shape index (κ2) is 18.9. The van der Waals surface area contributed by atoms with E-state index in [1.807, 2.05) is 47.6 Å². The smallest absolute Gasteiger partial charge is 0.318 e. The van der Waals surface area contributed by atoms with E-state index in [1.54, 1.807) is 0 Å². The minimum atomic E-state index is -4.55. The SMILES string of the molecule is CCCCN(c1cc(C)c(N=Nc2c(C#N)c(C(C)(C)C)nn2-c2nc3ccc(S(=O)(=O)N(CC(=O)O)CC(=O)O)cc3s2)c(Nc2c(C)cc(C)cc2C)n1)c1c(C)cc(C)cc1C.